The maximum absolute atomic E-state index is 3.61. The van der Waals surface area contributed by atoms with Gasteiger partial charge >= 0.3 is 0 Å². The molecule has 114 valence electrons. The number of rotatable bonds is 8. The minimum absolute atomic E-state index is 0.483. The largest absolute Gasteiger partial charge is 0.372 e. The zero-order valence-electron chi connectivity index (χ0n) is 14.1. The first-order valence-corrected chi connectivity index (χ1v) is 8.07. The molecule has 0 aliphatic carbocycles. The maximum atomic E-state index is 3.61. The van der Waals surface area contributed by atoms with E-state index in [1.807, 2.05) is 0 Å². The number of hydrogen-bond acceptors (Lipinski definition) is 2. The molecule has 0 bridgehead atoms. The van der Waals surface area contributed by atoms with Crippen molar-refractivity contribution in [3.8, 4) is 0 Å². The fourth-order valence-corrected chi connectivity index (χ4v) is 2.44. The van der Waals surface area contributed by atoms with Crippen LogP contribution in [0.4, 0.5) is 5.69 Å². The first-order chi connectivity index (χ1) is 9.51. The molecule has 0 aromatic heterocycles. The first-order valence-electron chi connectivity index (χ1n) is 8.07. The molecule has 0 saturated heterocycles. The topological polar surface area (TPSA) is 15.3 Å². The van der Waals surface area contributed by atoms with Crippen molar-refractivity contribution in [1.82, 2.24) is 5.32 Å². The van der Waals surface area contributed by atoms with Gasteiger partial charge in [-0.15, -0.1) is 0 Å². The van der Waals surface area contributed by atoms with E-state index in [9.17, 15) is 0 Å². The van der Waals surface area contributed by atoms with E-state index in [4.69, 9.17) is 0 Å². The molecule has 2 nitrogen and oxygen atoms in total. The van der Waals surface area contributed by atoms with Crippen molar-refractivity contribution in [2.75, 3.05) is 18.5 Å². The van der Waals surface area contributed by atoms with E-state index in [2.05, 4.69) is 76.1 Å². The van der Waals surface area contributed by atoms with Gasteiger partial charge in [-0.2, -0.15) is 0 Å². The van der Waals surface area contributed by atoms with Gasteiger partial charge in [0.15, 0.2) is 0 Å². The van der Waals surface area contributed by atoms with Crippen molar-refractivity contribution in [2.24, 2.45) is 5.92 Å². The molecule has 1 aromatic rings. The molecule has 1 rings (SSSR count). The molecule has 2 unspecified atom stereocenters. The summed E-state index contributed by atoms with van der Waals surface area (Å²) in [5, 5.41) is 3.61. The Bertz CT molecular complexity index is 370. The van der Waals surface area contributed by atoms with Crippen LogP contribution in [-0.2, 0) is 0 Å². The highest BCUT2D eigenvalue weighted by Gasteiger charge is 2.14. The predicted molar refractivity (Wildman–Crippen MR) is 90.5 cm³/mol. The summed E-state index contributed by atoms with van der Waals surface area (Å²) < 4.78 is 0. The fraction of sp³-hybridized carbons (Fsp3) is 0.667. The second-order valence-corrected chi connectivity index (χ2v) is 6.10. The average molecular weight is 276 g/mol. The number of hydrogen-bond donors (Lipinski definition) is 1. The summed E-state index contributed by atoms with van der Waals surface area (Å²) in [5.41, 5.74) is 2.70. The standard InChI is InChI=1S/C18H32N2/c1-7-13-19-18(8-2)16-9-11-17(12-10-16)20(6)15(5)14(3)4/h9-12,14-15,18-19H,7-8,13H2,1-6H3. The van der Waals surface area contributed by atoms with Gasteiger partial charge in [0.25, 0.3) is 0 Å². The zero-order chi connectivity index (χ0) is 15.1. The van der Waals surface area contributed by atoms with Crippen molar-refractivity contribution in [3.63, 3.8) is 0 Å². The lowest BCUT2D eigenvalue weighted by atomic mass is 10.0. The summed E-state index contributed by atoms with van der Waals surface area (Å²) in [7, 11) is 2.19. The van der Waals surface area contributed by atoms with E-state index in [-0.39, 0.29) is 0 Å². The van der Waals surface area contributed by atoms with Gasteiger partial charge in [-0.1, -0.05) is 39.8 Å². The number of nitrogens with one attached hydrogen (secondary N) is 1. The van der Waals surface area contributed by atoms with E-state index in [1.54, 1.807) is 0 Å². The predicted octanol–water partition coefficient (Wildman–Crippen LogP) is 4.62. The van der Waals surface area contributed by atoms with Crippen LogP contribution in [0.2, 0.25) is 0 Å². The SMILES string of the molecule is CCCNC(CC)c1ccc(N(C)C(C)C(C)C)cc1. The normalized spacial score (nSPS) is 14.3. The second-order valence-electron chi connectivity index (χ2n) is 6.10. The number of nitrogens with zero attached hydrogens (tertiary/aromatic N) is 1. The summed E-state index contributed by atoms with van der Waals surface area (Å²) in [6, 6.07) is 10.1. The minimum atomic E-state index is 0.483. The molecule has 0 saturated carbocycles. The van der Waals surface area contributed by atoms with E-state index in [0.717, 1.165) is 13.0 Å². The van der Waals surface area contributed by atoms with Gasteiger partial charge in [-0.05, 0) is 49.9 Å². The zero-order valence-corrected chi connectivity index (χ0v) is 14.1. The molecule has 0 spiro atoms. The van der Waals surface area contributed by atoms with E-state index < -0.39 is 0 Å². The minimum Gasteiger partial charge on any atom is -0.372 e. The molecule has 0 radical (unpaired) electrons. The molecule has 20 heavy (non-hydrogen) atoms. The number of anilines is 1. The Labute approximate surface area is 125 Å². The Morgan fingerprint density at radius 1 is 1.05 bits per heavy atom. The Kier molecular flexibility index (Phi) is 7.08. The molecule has 0 aliphatic rings. The maximum Gasteiger partial charge on any atom is 0.0366 e. The lowest BCUT2D eigenvalue weighted by Crippen LogP contribution is -2.33. The quantitative estimate of drug-likeness (QED) is 0.745. The highest BCUT2D eigenvalue weighted by molar-refractivity contribution is 5.48. The van der Waals surface area contributed by atoms with Crippen molar-refractivity contribution >= 4 is 5.69 Å². The lowest BCUT2D eigenvalue weighted by molar-refractivity contribution is 0.504. The van der Waals surface area contributed by atoms with Crippen LogP contribution in [0.25, 0.3) is 0 Å². The van der Waals surface area contributed by atoms with Gasteiger partial charge in [0.05, 0.1) is 0 Å². The van der Waals surface area contributed by atoms with Crippen LogP contribution >= 0.6 is 0 Å². The second kappa shape index (κ2) is 8.31. The molecule has 2 atom stereocenters. The number of benzene rings is 1. The Morgan fingerprint density at radius 3 is 2.10 bits per heavy atom. The lowest BCUT2D eigenvalue weighted by Gasteiger charge is -2.30. The van der Waals surface area contributed by atoms with Gasteiger partial charge < -0.3 is 10.2 Å². The van der Waals surface area contributed by atoms with Gasteiger partial charge in [0.1, 0.15) is 0 Å². The van der Waals surface area contributed by atoms with Gasteiger partial charge in [0, 0.05) is 24.8 Å². The molecular weight excluding hydrogens is 244 g/mol. The average Bonchev–Trinajstić information content (AvgIpc) is 2.47. The van der Waals surface area contributed by atoms with Crippen LogP contribution in [0.3, 0.4) is 0 Å². The Morgan fingerprint density at radius 2 is 1.65 bits per heavy atom. The van der Waals surface area contributed by atoms with Crippen LogP contribution in [0, 0.1) is 5.92 Å². The van der Waals surface area contributed by atoms with Crippen LogP contribution < -0.4 is 10.2 Å². The van der Waals surface area contributed by atoms with Crippen LogP contribution in [0.1, 0.15) is 59.1 Å². The fourth-order valence-electron chi connectivity index (χ4n) is 2.44. The van der Waals surface area contributed by atoms with Crippen molar-refractivity contribution in [3.05, 3.63) is 29.8 Å². The Balaban J connectivity index is 2.76. The van der Waals surface area contributed by atoms with Crippen LogP contribution in [0.15, 0.2) is 24.3 Å². The third-order valence-corrected chi connectivity index (χ3v) is 4.33. The summed E-state index contributed by atoms with van der Waals surface area (Å²) in [4.78, 5) is 2.37. The van der Waals surface area contributed by atoms with Crippen LogP contribution in [-0.4, -0.2) is 19.6 Å². The van der Waals surface area contributed by atoms with Crippen LogP contribution in [0.5, 0.6) is 0 Å². The molecule has 0 heterocycles. The highest BCUT2D eigenvalue weighted by atomic mass is 15.1. The third-order valence-electron chi connectivity index (χ3n) is 4.33. The van der Waals surface area contributed by atoms with E-state index >= 15 is 0 Å². The summed E-state index contributed by atoms with van der Waals surface area (Å²) in [5.74, 6) is 0.661. The molecule has 0 aliphatic heterocycles. The van der Waals surface area contributed by atoms with Crippen molar-refractivity contribution in [2.45, 2.75) is 59.5 Å². The highest BCUT2D eigenvalue weighted by Crippen LogP contribution is 2.23. The summed E-state index contributed by atoms with van der Waals surface area (Å²) in [6.07, 6.45) is 2.32. The van der Waals surface area contributed by atoms with Gasteiger partial charge in [-0.3, -0.25) is 0 Å². The molecule has 0 fully saturated rings. The third kappa shape index (κ3) is 4.52. The van der Waals surface area contributed by atoms with Crippen molar-refractivity contribution < 1.29 is 0 Å². The molecule has 1 aromatic carbocycles. The van der Waals surface area contributed by atoms with Crippen molar-refractivity contribution in [1.29, 1.82) is 0 Å². The Hall–Kier alpha value is -1.02. The smallest absolute Gasteiger partial charge is 0.0366 e. The van der Waals surface area contributed by atoms with E-state index in [0.29, 0.717) is 18.0 Å². The van der Waals surface area contributed by atoms with Gasteiger partial charge in [0.2, 0.25) is 0 Å². The van der Waals surface area contributed by atoms with E-state index in [1.165, 1.54) is 17.7 Å². The molecule has 0 amide bonds. The summed E-state index contributed by atoms with van der Waals surface area (Å²) in [6.45, 7) is 12.4. The molecule has 1 N–H and O–H groups in total. The molecule has 2 heteroatoms. The first kappa shape index (κ1) is 17.0. The molecular formula is C18H32N2. The summed E-state index contributed by atoms with van der Waals surface area (Å²) >= 11 is 0. The monoisotopic (exact) mass is 276 g/mol. The van der Waals surface area contributed by atoms with Gasteiger partial charge in [-0.25, -0.2) is 0 Å².